The van der Waals surface area contributed by atoms with Crippen molar-refractivity contribution >= 4 is 27.6 Å². The Kier molecular flexibility index (Phi) is 4.28. The second-order valence-corrected chi connectivity index (χ2v) is 7.41. The van der Waals surface area contributed by atoms with E-state index in [4.69, 9.17) is 4.74 Å². The van der Waals surface area contributed by atoms with Gasteiger partial charge in [-0.3, -0.25) is 0 Å². The van der Waals surface area contributed by atoms with E-state index in [0.29, 0.717) is 5.88 Å². The number of nitrogens with zero attached hydrogens (tertiary/aromatic N) is 4. The van der Waals surface area contributed by atoms with Crippen LogP contribution in [0.1, 0.15) is 12.8 Å². The molecule has 1 saturated heterocycles. The van der Waals surface area contributed by atoms with Gasteiger partial charge in [-0.25, -0.2) is 9.97 Å². The average Bonchev–Trinajstić information content (AvgIpc) is 3.26. The number of hydrogen-bond donors (Lipinski definition) is 1. The van der Waals surface area contributed by atoms with E-state index in [-0.39, 0.29) is 5.92 Å². The summed E-state index contributed by atoms with van der Waals surface area (Å²) < 4.78 is 5.24. The monoisotopic (exact) mass is 383 g/mol. The number of aromatic nitrogens is 3. The first-order chi connectivity index (χ1) is 14.3. The van der Waals surface area contributed by atoms with Crippen LogP contribution in [-0.4, -0.2) is 35.2 Å². The minimum Gasteiger partial charge on any atom is -0.481 e. The maximum atomic E-state index is 9.26. The Hall–Kier alpha value is -3.59. The zero-order valence-corrected chi connectivity index (χ0v) is 16.2. The van der Waals surface area contributed by atoms with E-state index < -0.39 is 0 Å². The van der Waals surface area contributed by atoms with Crippen LogP contribution in [0, 0.1) is 17.2 Å². The lowest BCUT2D eigenvalue weighted by atomic mass is 9.95. The van der Waals surface area contributed by atoms with Crippen LogP contribution in [0.25, 0.3) is 33.1 Å². The number of pyridine rings is 2. The summed E-state index contributed by atoms with van der Waals surface area (Å²) in [5.74, 6) is 0.765. The van der Waals surface area contributed by atoms with Crippen molar-refractivity contribution in [2.45, 2.75) is 12.8 Å². The Bertz CT molecular complexity index is 1230. The Balaban J connectivity index is 1.63. The predicted molar refractivity (Wildman–Crippen MR) is 114 cm³/mol. The van der Waals surface area contributed by atoms with Gasteiger partial charge in [0, 0.05) is 53.8 Å². The third-order valence-electron chi connectivity index (χ3n) is 5.74. The summed E-state index contributed by atoms with van der Waals surface area (Å²) in [5, 5.41) is 11.4. The molecular formula is C23H21N5O. The van der Waals surface area contributed by atoms with Gasteiger partial charge in [0.05, 0.1) is 24.4 Å². The zero-order chi connectivity index (χ0) is 19.8. The summed E-state index contributed by atoms with van der Waals surface area (Å²) >= 11 is 0. The van der Waals surface area contributed by atoms with E-state index in [9.17, 15) is 5.26 Å². The molecule has 4 aromatic rings. The number of anilines is 1. The molecule has 1 fully saturated rings. The van der Waals surface area contributed by atoms with Gasteiger partial charge in [0.25, 0.3) is 0 Å². The second-order valence-electron chi connectivity index (χ2n) is 7.41. The van der Waals surface area contributed by atoms with Gasteiger partial charge in [-0.15, -0.1) is 0 Å². The molecule has 1 N–H and O–H groups in total. The molecule has 6 nitrogen and oxygen atoms in total. The van der Waals surface area contributed by atoms with E-state index in [1.54, 1.807) is 7.11 Å². The molecule has 5 rings (SSSR count). The molecule has 0 radical (unpaired) electrons. The number of benzene rings is 1. The standard InChI is InChI=1S/C23H21N5O/c1-29-21-5-3-17-12-16(2-4-20(17)27-21)19-14-26-23-18(6-9-25-23)22(19)28-10-7-15(13-24)8-11-28/h2-6,9,12,14-15H,7-8,10-11H2,1H3,(H,25,26). The third kappa shape index (κ3) is 3.05. The number of H-pyrrole nitrogens is 1. The number of piperidine rings is 1. The number of fused-ring (bicyclic) bond motifs is 2. The first kappa shape index (κ1) is 17.5. The van der Waals surface area contributed by atoms with Crippen molar-refractivity contribution in [3.05, 3.63) is 48.8 Å². The maximum absolute atomic E-state index is 9.26. The van der Waals surface area contributed by atoms with Gasteiger partial charge in [-0.1, -0.05) is 6.07 Å². The number of hydrogen-bond acceptors (Lipinski definition) is 5. The number of methoxy groups -OCH3 is 1. The van der Waals surface area contributed by atoms with Crippen molar-refractivity contribution in [1.82, 2.24) is 15.0 Å². The summed E-state index contributed by atoms with van der Waals surface area (Å²) in [6, 6.07) is 14.7. The molecule has 0 atom stereocenters. The fourth-order valence-electron chi connectivity index (χ4n) is 4.17. The van der Waals surface area contributed by atoms with Crippen LogP contribution in [-0.2, 0) is 0 Å². The fourth-order valence-corrected chi connectivity index (χ4v) is 4.17. The number of nitriles is 1. The third-order valence-corrected chi connectivity index (χ3v) is 5.74. The smallest absolute Gasteiger partial charge is 0.213 e. The molecular weight excluding hydrogens is 362 g/mol. The van der Waals surface area contributed by atoms with Crippen molar-refractivity contribution in [1.29, 1.82) is 5.26 Å². The van der Waals surface area contributed by atoms with E-state index in [1.807, 2.05) is 30.6 Å². The highest BCUT2D eigenvalue weighted by atomic mass is 16.5. The van der Waals surface area contributed by atoms with E-state index in [2.05, 4.69) is 44.1 Å². The van der Waals surface area contributed by atoms with Crippen LogP contribution in [0.5, 0.6) is 5.88 Å². The molecule has 0 bridgehead atoms. The highest BCUT2D eigenvalue weighted by Gasteiger charge is 2.23. The predicted octanol–water partition coefficient (Wildman–Crippen LogP) is 4.53. The molecule has 1 aromatic carbocycles. The normalized spacial score (nSPS) is 15.0. The number of nitrogens with one attached hydrogen (secondary N) is 1. The maximum Gasteiger partial charge on any atom is 0.213 e. The Morgan fingerprint density at radius 3 is 2.83 bits per heavy atom. The molecule has 1 aliphatic rings. The SMILES string of the molecule is COc1ccc2cc(-c3cnc4[nH]ccc4c3N3CCC(C#N)CC3)ccc2n1. The molecule has 4 heterocycles. The number of rotatable bonds is 3. The first-order valence-electron chi connectivity index (χ1n) is 9.82. The fraction of sp³-hybridized carbons (Fsp3) is 0.261. The van der Waals surface area contributed by atoms with Crippen LogP contribution < -0.4 is 9.64 Å². The Morgan fingerprint density at radius 2 is 2.03 bits per heavy atom. The molecule has 3 aromatic heterocycles. The summed E-state index contributed by atoms with van der Waals surface area (Å²) in [5.41, 5.74) is 5.19. The van der Waals surface area contributed by atoms with Crippen molar-refractivity contribution in [2.24, 2.45) is 5.92 Å². The highest BCUT2D eigenvalue weighted by molar-refractivity contribution is 6.00. The van der Waals surface area contributed by atoms with Crippen LogP contribution in [0.3, 0.4) is 0 Å². The van der Waals surface area contributed by atoms with Crippen LogP contribution in [0.15, 0.2) is 48.8 Å². The second kappa shape index (κ2) is 7.10. The average molecular weight is 383 g/mol. The molecule has 144 valence electrons. The first-order valence-corrected chi connectivity index (χ1v) is 9.82. The van der Waals surface area contributed by atoms with Gasteiger partial charge in [0.1, 0.15) is 5.65 Å². The van der Waals surface area contributed by atoms with Gasteiger partial charge in [0.2, 0.25) is 5.88 Å². The van der Waals surface area contributed by atoms with Crippen molar-refractivity contribution in [3.63, 3.8) is 0 Å². The van der Waals surface area contributed by atoms with Crippen molar-refractivity contribution < 1.29 is 4.74 Å². The largest absolute Gasteiger partial charge is 0.481 e. The number of aromatic amines is 1. The lowest BCUT2D eigenvalue weighted by Crippen LogP contribution is -2.33. The molecule has 0 saturated carbocycles. The lowest BCUT2D eigenvalue weighted by Gasteiger charge is -2.33. The van der Waals surface area contributed by atoms with Crippen molar-refractivity contribution in [2.75, 3.05) is 25.1 Å². The van der Waals surface area contributed by atoms with Gasteiger partial charge >= 0.3 is 0 Å². The van der Waals surface area contributed by atoms with E-state index in [0.717, 1.165) is 59.0 Å². The molecule has 0 aliphatic carbocycles. The van der Waals surface area contributed by atoms with E-state index in [1.165, 1.54) is 5.69 Å². The molecule has 0 amide bonds. The van der Waals surface area contributed by atoms with Gasteiger partial charge in [-0.2, -0.15) is 5.26 Å². The summed E-state index contributed by atoms with van der Waals surface area (Å²) in [4.78, 5) is 14.8. The lowest BCUT2D eigenvalue weighted by molar-refractivity contribution is 0.399. The molecule has 1 aliphatic heterocycles. The quantitative estimate of drug-likeness (QED) is 0.562. The Labute approximate surface area is 168 Å². The summed E-state index contributed by atoms with van der Waals surface area (Å²) in [6.45, 7) is 1.75. The highest BCUT2D eigenvalue weighted by Crippen LogP contribution is 2.39. The molecule has 6 heteroatoms. The van der Waals surface area contributed by atoms with Gasteiger partial charge < -0.3 is 14.6 Å². The molecule has 0 spiro atoms. The minimum atomic E-state index is 0.153. The van der Waals surface area contributed by atoms with Crippen molar-refractivity contribution in [3.8, 4) is 23.1 Å². The zero-order valence-electron chi connectivity index (χ0n) is 16.2. The van der Waals surface area contributed by atoms with Crippen LogP contribution >= 0.6 is 0 Å². The van der Waals surface area contributed by atoms with Gasteiger partial charge in [-0.05, 0) is 42.7 Å². The van der Waals surface area contributed by atoms with Crippen LogP contribution in [0.2, 0.25) is 0 Å². The molecule has 0 unspecified atom stereocenters. The van der Waals surface area contributed by atoms with E-state index >= 15 is 0 Å². The molecule has 29 heavy (non-hydrogen) atoms. The summed E-state index contributed by atoms with van der Waals surface area (Å²) in [7, 11) is 1.63. The minimum absolute atomic E-state index is 0.153. The number of ether oxygens (including phenoxy) is 1. The topological polar surface area (TPSA) is 77.8 Å². The Morgan fingerprint density at radius 1 is 1.17 bits per heavy atom. The summed E-state index contributed by atoms with van der Waals surface area (Å²) in [6.07, 6.45) is 5.67. The van der Waals surface area contributed by atoms with Crippen LogP contribution in [0.4, 0.5) is 5.69 Å². The van der Waals surface area contributed by atoms with Gasteiger partial charge in [0.15, 0.2) is 0 Å².